The molecule has 2 aromatic heterocycles. The number of alkyl halides is 3. The molecule has 0 spiro atoms. The molecular formula is C16H11BrCl2F3N5O. The Morgan fingerprint density at radius 1 is 1.18 bits per heavy atom. The molecule has 0 radical (unpaired) electrons. The number of hydrogen-bond acceptors (Lipinski definition) is 3. The number of nitrogens with zero attached hydrogens (tertiary/aromatic N) is 4. The molecule has 1 aromatic carbocycles. The Balaban J connectivity index is 1.66. The van der Waals surface area contributed by atoms with Crippen molar-refractivity contribution in [2.45, 2.75) is 19.3 Å². The van der Waals surface area contributed by atoms with Crippen LogP contribution in [0, 0.1) is 0 Å². The van der Waals surface area contributed by atoms with Gasteiger partial charge in [0.25, 0.3) is 0 Å². The van der Waals surface area contributed by atoms with Crippen molar-refractivity contribution in [2.24, 2.45) is 0 Å². The second-order valence-corrected chi connectivity index (χ2v) is 7.40. The Bertz CT molecular complexity index is 1020. The first kappa shape index (κ1) is 20.7. The van der Waals surface area contributed by atoms with Crippen LogP contribution in [0.15, 0.2) is 41.1 Å². The van der Waals surface area contributed by atoms with E-state index >= 15 is 0 Å². The molecule has 12 heteroatoms. The molecule has 6 nitrogen and oxygen atoms in total. The molecule has 0 fully saturated rings. The largest absolute Gasteiger partial charge is 0.435 e. The van der Waals surface area contributed by atoms with Gasteiger partial charge in [-0.15, -0.1) is 0 Å². The average Bonchev–Trinajstić information content (AvgIpc) is 3.17. The van der Waals surface area contributed by atoms with Gasteiger partial charge in [0.05, 0.1) is 11.0 Å². The van der Waals surface area contributed by atoms with Gasteiger partial charge in [-0.1, -0.05) is 29.3 Å². The van der Waals surface area contributed by atoms with Crippen molar-refractivity contribution in [3.05, 3.63) is 62.4 Å². The summed E-state index contributed by atoms with van der Waals surface area (Å²) in [4.78, 5) is 12.1. The second-order valence-electron chi connectivity index (χ2n) is 5.70. The molecule has 0 atom stereocenters. The molecule has 28 heavy (non-hydrogen) atoms. The van der Waals surface area contributed by atoms with Crippen LogP contribution in [0.3, 0.4) is 0 Å². The number of hydrogen-bond donors (Lipinski definition) is 1. The first-order valence-corrected chi connectivity index (χ1v) is 9.24. The van der Waals surface area contributed by atoms with Crippen molar-refractivity contribution < 1.29 is 18.0 Å². The van der Waals surface area contributed by atoms with Gasteiger partial charge in [-0.25, -0.2) is 0 Å². The molecule has 1 amide bonds. The number of benzene rings is 1. The molecule has 0 aliphatic rings. The fourth-order valence-corrected chi connectivity index (χ4v) is 3.19. The summed E-state index contributed by atoms with van der Waals surface area (Å²) in [6, 6.07) is 5.87. The molecular weight excluding hydrogens is 486 g/mol. The molecule has 148 valence electrons. The number of nitrogens with one attached hydrogen (secondary N) is 1. The number of amides is 1. The highest BCUT2D eigenvalue weighted by Crippen LogP contribution is 2.27. The summed E-state index contributed by atoms with van der Waals surface area (Å²) in [5.74, 6) is -0.356. The predicted molar refractivity (Wildman–Crippen MR) is 101 cm³/mol. The number of carbonyl (C=O) groups is 1. The van der Waals surface area contributed by atoms with Gasteiger partial charge < -0.3 is 5.32 Å². The minimum atomic E-state index is -4.56. The number of carbonyl (C=O) groups excluding carboxylic acids is 1. The first-order valence-electron chi connectivity index (χ1n) is 7.69. The van der Waals surface area contributed by atoms with Crippen molar-refractivity contribution in [2.75, 3.05) is 5.32 Å². The van der Waals surface area contributed by atoms with Crippen LogP contribution in [0.25, 0.3) is 0 Å². The van der Waals surface area contributed by atoms with Gasteiger partial charge in [0.2, 0.25) is 5.91 Å². The van der Waals surface area contributed by atoms with E-state index in [1.165, 1.54) is 0 Å². The normalized spacial score (nSPS) is 11.6. The Morgan fingerprint density at radius 3 is 2.57 bits per heavy atom. The lowest BCUT2D eigenvalue weighted by molar-refractivity contribution is -0.141. The van der Waals surface area contributed by atoms with E-state index in [1.54, 1.807) is 29.1 Å². The zero-order chi connectivity index (χ0) is 20.5. The van der Waals surface area contributed by atoms with Crippen LogP contribution in [-0.2, 0) is 24.1 Å². The third-order valence-electron chi connectivity index (χ3n) is 3.56. The molecule has 3 aromatic rings. The van der Waals surface area contributed by atoms with Gasteiger partial charge in [-0.2, -0.15) is 23.4 Å². The lowest BCUT2D eigenvalue weighted by Crippen LogP contribution is -2.20. The van der Waals surface area contributed by atoms with Gasteiger partial charge in [-0.05, 0) is 39.7 Å². The molecule has 0 saturated heterocycles. The molecule has 0 saturated carbocycles. The van der Waals surface area contributed by atoms with Crippen LogP contribution in [0.4, 0.5) is 19.0 Å². The summed E-state index contributed by atoms with van der Waals surface area (Å²) < 4.78 is 40.6. The highest BCUT2D eigenvalue weighted by molar-refractivity contribution is 9.10. The maximum atomic E-state index is 12.6. The smallest absolute Gasteiger partial charge is 0.307 e. The zero-order valence-electron chi connectivity index (χ0n) is 13.8. The number of halogens is 6. The van der Waals surface area contributed by atoms with Gasteiger partial charge in [0, 0.05) is 22.4 Å². The molecule has 0 aliphatic heterocycles. The highest BCUT2D eigenvalue weighted by Gasteiger charge is 2.33. The van der Waals surface area contributed by atoms with E-state index in [1.807, 2.05) is 0 Å². The van der Waals surface area contributed by atoms with E-state index in [-0.39, 0.29) is 5.82 Å². The average molecular weight is 497 g/mol. The lowest BCUT2D eigenvalue weighted by atomic mass is 10.2. The first-order chi connectivity index (χ1) is 13.1. The molecule has 0 unspecified atom stereocenters. The third kappa shape index (κ3) is 5.06. The quantitative estimate of drug-likeness (QED) is 0.549. The Labute approximate surface area is 175 Å². The maximum Gasteiger partial charge on any atom is 0.435 e. The van der Waals surface area contributed by atoms with Crippen LogP contribution in [0.5, 0.6) is 0 Å². The number of rotatable bonds is 5. The Hall–Kier alpha value is -2.04. The van der Waals surface area contributed by atoms with E-state index in [2.05, 4.69) is 31.4 Å². The SMILES string of the molecule is O=C(Cn1ccc(C(F)(F)F)n1)Nc1nn(Cc2ccc(Cl)cc2Cl)cc1Br. The molecule has 0 aliphatic carbocycles. The van der Waals surface area contributed by atoms with Crippen LogP contribution < -0.4 is 5.32 Å². The third-order valence-corrected chi connectivity index (χ3v) is 4.73. The van der Waals surface area contributed by atoms with E-state index < -0.39 is 24.3 Å². The van der Waals surface area contributed by atoms with Crippen molar-refractivity contribution in [1.29, 1.82) is 0 Å². The van der Waals surface area contributed by atoms with Gasteiger partial charge in [-0.3, -0.25) is 14.2 Å². The van der Waals surface area contributed by atoms with Crippen LogP contribution in [-0.4, -0.2) is 25.5 Å². The standard InChI is InChI=1S/C16H11BrCl2F3N5O/c17-11-7-27(6-9-1-2-10(18)5-12(9)19)25-15(11)23-14(28)8-26-4-3-13(24-26)16(20,21)22/h1-5,7H,6,8H2,(H,23,25,28). The van der Waals surface area contributed by atoms with Gasteiger partial charge in [0.1, 0.15) is 6.54 Å². The van der Waals surface area contributed by atoms with Crippen molar-refractivity contribution in [3.8, 4) is 0 Å². The fourth-order valence-electron chi connectivity index (χ4n) is 2.31. The monoisotopic (exact) mass is 495 g/mol. The second kappa shape index (κ2) is 8.14. The summed E-state index contributed by atoms with van der Waals surface area (Å²) in [5, 5.41) is 11.1. The van der Waals surface area contributed by atoms with E-state index in [9.17, 15) is 18.0 Å². The van der Waals surface area contributed by atoms with E-state index in [0.717, 1.165) is 22.5 Å². The lowest BCUT2D eigenvalue weighted by Gasteiger charge is -2.05. The minimum absolute atomic E-state index is 0.221. The topological polar surface area (TPSA) is 64.7 Å². The van der Waals surface area contributed by atoms with Crippen molar-refractivity contribution >= 4 is 50.9 Å². The molecule has 0 bridgehead atoms. The maximum absolute atomic E-state index is 12.6. The Kier molecular flexibility index (Phi) is 6.01. The number of anilines is 1. The fraction of sp³-hybridized carbons (Fsp3) is 0.188. The van der Waals surface area contributed by atoms with Gasteiger partial charge >= 0.3 is 6.18 Å². The predicted octanol–water partition coefficient (Wildman–Crippen LogP) is 4.85. The highest BCUT2D eigenvalue weighted by atomic mass is 79.9. The van der Waals surface area contributed by atoms with E-state index in [4.69, 9.17) is 23.2 Å². The van der Waals surface area contributed by atoms with Crippen LogP contribution >= 0.6 is 39.1 Å². The van der Waals surface area contributed by atoms with Crippen molar-refractivity contribution in [3.63, 3.8) is 0 Å². The summed E-state index contributed by atoms with van der Waals surface area (Å²) >= 11 is 15.3. The van der Waals surface area contributed by atoms with Crippen LogP contribution in [0.2, 0.25) is 10.0 Å². The summed E-state index contributed by atoms with van der Waals surface area (Å²) in [6.07, 6.45) is -1.85. The summed E-state index contributed by atoms with van der Waals surface area (Å²) in [5.41, 5.74) is -0.291. The summed E-state index contributed by atoms with van der Waals surface area (Å²) in [6.45, 7) is -0.0586. The minimum Gasteiger partial charge on any atom is -0.307 e. The Morgan fingerprint density at radius 2 is 1.93 bits per heavy atom. The summed E-state index contributed by atoms with van der Waals surface area (Å²) in [7, 11) is 0. The van der Waals surface area contributed by atoms with Crippen molar-refractivity contribution in [1.82, 2.24) is 19.6 Å². The number of aromatic nitrogens is 4. The molecule has 1 N–H and O–H groups in total. The van der Waals surface area contributed by atoms with Gasteiger partial charge in [0.15, 0.2) is 11.5 Å². The van der Waals surface area contributed by atoms with E-state index in [0.29, 0.717) is 21.1 Å². The zero-order valence-corrected chi connectivity index (χ0v) is 16.9. The van der Waals surface area contributed by atoms with Crippen LogP contribution in [0.1, 0.15) is 11.3 Å². The molecule has 3 rings (SSSR count). The molecule has 2 heterocycles.